The molecule has 0 radical (unpaired) electrons. The normalized spacial score (nSPS) is 15.1. The molecule has 7 nitrogen and oxygen atoms in total. The largest absolute Gasteiger partial charge is 0.447 e. The Hall–Kier alpha value is -3.03. The fourth-order valence-corrected chi connectivity index (χ4v) is 3.82. The maximum absolute atomic E-state index is 12.9. The summed E-state index contributed by atoms with van der Waals surface area (Å²) in [6.07, 6.45) is 5.17. The summed E-state index contributed by atoms with van der Waals surface area (Å²) >= 11 is 0. The van der Waals surface area contributed by atoms with Crippen LogP contribution in [-0.2, 0) is 19.6 Å². The van der Waals surface area contributed by atoms with Crippen LogP contribution in [-0.4, -0.2) is 63.3 Å². The molecule has 0 bridgehead atoms. The Morgan fingerprint density at radius 2 is 1.65 bits per heavy atom. The number of piperazine rings is 1. The summed E-state index contributed by atoms with van der Waals surface area (Å²) in [4.78, 5) is 28.0. The van der Waals surface area contributed by atoms with Gasteiger partial charge in [0.2, 0.25) is 5.89 Å². The van der Waals surface area contributed by atoms with Gasteiger partial charge in [0, 0.05) is 58.2 Å². The lowest BCUT2D eigenvalue weighted by Crippen LogP contribution is -2.45. The summed E-state index contributed by atoms with van der Waals surface area (Å²) in [7, 11) is 0. The lowest BCUT2D eigenvalue weighted by atomic mass is 10.2. The molecule has 0 unspecified atom stereocenters. The third-order valence-corrected chi connectivity index (χ3v) is 5.64. The molecule has 0 N–H and O–H groups in total. The summed E-state index contributed by atoms with van der Waals surface area (Å²) in [6.45, 7) is 8.63. The second-order valence-corrected chi connectivity index (χ2v) is 7.84. The van der Waals surface area contributed by atoms with Gasteiger partial charge >= 0.3 is 0 Å². The molecule has 0 saturated carbocycles. The predicted octanol–water partition coefficient (Wildman–Crippen LogP) is 3.05. The van der Waals surface area contributed by atoms with Crippen molar-refractivity contribution in [3.05, 3.63) is 83.8 Å². The van der Waals surface area contributed by atoms with Gasteiger partial charge in [-0.25, -0.2) is 4.98 Å². The van der Waals surface area contributed by atoms with Gasteiger partial charge in [-0.2, -0.15) is 0 Å². The summed E-state index contributed by atoms with van der Waals surface area (Å²) in [5.74, 6) is 0.505. The number of nitrogens with zero attached hydrogens (tertiary/aromatic N) is 5. The lowest BCUT2D eigenvalue weighted by Gasteiger charge is -2.34. The number of carbonyl (C=O) groups excluding carboxylic acids is 1. The van der Waals surface area contributed by atoms with Crippen molar-refractivity contribution >= 4 is 5.91 Å². The predicted molar refractivity (Wildman–Crippen MR) is 118 cm³/mol. The standard InChI is InChI=1S/C24H29N5O2/c1-2-29(17-20-6-4-3-5-7-20)24(30)22-19-31-23(26-22)18-28-14-12-27(13-15-28)16-21-8-10-25-11-9-21/h3-11,19H,2,12-18H2,1H3. The number of amides is 1. The highest BCUT2D eigenvalue weighted by Crippen LogP contribution is 2.14. The van der Waals surface area contributed by atoms with Gasteiger partial charge in [-0.3, -0.25) is 19.6 Å². The molecular formula is C24H29N5O2. The molecule has 1 saturated heterocycles. The number of oxazole rings is 1. The molecule has 3 aromatic rings. The van der Waals surface area contributed by atoms with Gasteiger partial charge in [0.1, 0.15) is 6.26 Å². The van der Waals surface area contributed by atoms with Crippen molar-refractivity contribution in [2.45, 2.75) is 26.6 Å². The second-order valence-electron chi connectivity index (χ2n) is 7.84. The maximum atomic E-state index is 12.9. The summed E-state index contributed by atoms with van der Waals surface area (Å²) in [5, 5.41) is 0. The second kappa shape index (κ2) is 10.3. The molecule has 1 aliphatic rings. The van der Waals surface area contributed by atoms with Gasteiger partial charge < -0.3 is 9.32 Å². The van der Waals surface area contributed by atoms with Crippen LogP contribution in [0.4, 0.5) is 0 Å². The van der Waals surface area contributed by atoms with Crippen LogP contribution in [0.5, 0.6) is 0 Å². The monoisotopic (exact) mass is 419 g/mol. The number of aromatic nitrogens is 2. The molecule has 0 aliphatic carbocycles. The summed E-state index contributed by atoms with van der Waals surface area (Å²) in [5.41, 5.74) is 2.77. The first kappa shape index (κ1) is 21.2. The zero-order valence-corrected chi connectivity index (χ0v) is 18.0. The molecular weight excluding hydrogens is 390 g/mol. The van der Waals surface area contributed by atoms with E-state index in [0.717, 1.165) is 38.3 Å². The van der Waals surface area contributed by atoms with Crippen molar-refractivity contribution in [1.29, 1.82) is 0 Å². The number of benzene rings is 1. The minimum absolute atomic E-state index is 0.0940. The summed E-state index contributed by atoms with van der Waals surface area (Å²) < 4.78 is 5.64. The van der Waals surface area contributed by atoms with E-state index in [0.29, 0.717) is 31.2 Å². The molecule has 1 aliphatic heterocycles. The van der Waals surface area contributed by atoms with Crippen LogP contribution in [0.1, 0.15) is 34.4 Å². The van der Waals surface area contributed by atoms with Gasteiger partial charge in [-0.05, 0) is 30.2 Å². The molecule has 2 aromatic heterocycles. The van der Waals surface area contributed by atoms with Gasteiger partial charge in [-0.1, -0.05) is 30.3 Å². The smallest absolute Gasteiger partial charge is 0.276 e. The highest BCUT2D eigenvalue weighted by Gasteiger charge is 2.22. The van der Waals surface area contributed by atoms with Gasteiger partial charge in [0.15, 0.2) is 5.69 Å². The molecule has 162 valence electrons. The molecule has 31 heavy (non-hydrogen) atoms. The van der Waals surface area contributed by atoms with Gasteiger partial charge in [0.05, 0.1) is 6.54 Å². The fourth-order valence-electron chi connectivity index (χ4n) is 3.82. The topological polar surface area (TPSA) is 65.7 Å². The maximum Gasteiger partial charge on any atom is 0.276 e. The molecule has 4 rings (SSSR count). The van der Waals surface area contributed by atoms with Crippen LogP contribution in [0.2, 0.25) is 0 Å². The van der Waals surface area contributed by atoms with Crippen molar-refractivity contribution in [3.8, 4) is 0 Å². The zero-order chi connectivity index (χ0) is 21.5. The Balaban J connectivity index is 1.28. The number of pyridine rings is 1. The van der Waals surface area contributed by atoms with E-state index >= 15 is 0 Å². The van der Waals surface area contributed by atoms with E-state index in [4.69, 9.17) is 4.42 Å². The average molecular weight is 420 g/mol. The molecule has 7 heteroatoms. The molecule has 1 amide bonds. The van der Waals surface area contributed by atoms with E-state index in [1.807, 2.05) is 49.6 Å². The van der Waals surface area contributed by atoms with Crippen LogP contribution in [0, 0.1) is 0 Å². The Kier molecular flexibility index (Phi) is 7.07. The van der Waals surface area contributed by atoms with Crippen LogP contribution in [0.3, 0.4) is 0 Å². The van der Waals surface area contributed by atoms with Crippen molar-refractivity contribution in [1.82, 2.24) is 24.7 Å². The molecule has 3 heterocycles. The van der Waals surface area contributed by atoms with Crippen LogP contribution in [0.15, 0.2) is 65.5 Å². The van der Waals surface area contributed by atoms with Crippen molar-refractivity contribution in [3.63, 3.8) is 0 Å². The Morgan fingerprint density at radius 3 is 2.32 bits per heavy atom. The van der Waals surface area contributed by atoms with Crippen LogP contribution >= 0.6 is 0 Å². The first-order valence-electron chi connectivity index (χ1n) is 10.8. The Bertz CT molecular complexity index is 952. The van der Waals surface area contributed by atoms with Gasteiger partial charge in [0.25, 0.3) is 5.91 Å². The SMILES string of the molecule is CCN(Cc1ccccc1)C(=O)c1coc(CN2CCN(Cc3ccncc3)CC2)n1. The van der Waals surface area contributed by atoms with Crippen molar-refractivity contribution < 1.29 is 9.21 Å². The highest BCUT2D eigenvalue weighted by molar-refractivity contribution is 5.91. The van der Waals surface area contributed by atoms with Crippen LogP contribution < -0.4 is 0 Å². The number of hydrogen-bond donors (Lipinski definition) is 0. The fraction of sp³-hybridized carbons (Fsp3) is 0.375. The van der Waals surface area contributed by atoms with Crippen molar-refractivity contribution in [2.24, 2.45) is 0 Å². The van der Waals surface area contributed by atoms with E-state index in [1.165, 1.54) is 11.8 Å². The third kappa shape index (κ3) is 5.77. The first-order valence-corrected chi connectivity index (χ1v) is 10.8. The van der Waals surface area contributed by atoms with E-state index in [2.05, 4.69) is 31.9 Å². The highest BCUT2D eigenvalue weighted by atomic mass is 16.3. The number of hydrogen-bond acceptors (Lipinski definition) is 6. The molecule has 0 atom stereocenters. The lowest BCUT2D eigenvalue weighted by molar-refractivity contribution is 0.0746. The molecule has 1 aromatic carbocycles. The number of carbonyl (C=O) groups is 1. The third-order valence-electron chi connectivity index (χ3n) is 5.64. The van der Waals surface area contributed by atoms with E-state index in [9.17, 15) is 4.79 Å². The average Bonchev–Trinajstić information content (AvgIpc) is 3.28. The minimum atomic E-state index is -0.0940. The van der Waals surface area contributed by atoms with E-state index in [-0.39, 0.29) is 5.91 Å². The zero-order valence-electron chi connectivity index (χ0n) is 18.0. The Labute approximate surface area is 183 Å². The number of rotatable bonds is 8. The summed E-state index contributed by atoms with van der Waals surface area (Å²) in [6, 6.07) is 14.1. The Morgan fingerprint density at radius 1 is 0.968 bits per heavy atom. The quantitative estimate of drug-likeness (QED) is 0.559. The molecule has 0 spiro atoms. The molecule has 1 fully saturated rings. The van der Waals surface area contributed by atoms with Crippen LogP contribution in [0.25, 0.3) is 0 Å². The van der Waals surface area contributed by atoms with Crippen molar-refractivity contribution in [2.75, 3.05) is 32.7 Å². The first-order chi connectivity index (χ1) is 15.2. The minimum Gasteiger partial charge on any atom is -0.447 e. The van der Waals surface area contributed by atoms with Gasteiger partial charge in [-0.15, -0.1) is 0 Å². The van der Waals surface area contributed by atoms with E-state index in [1.54, 1.807) is 4.90 Å². The van der Waals surface area contributed by atoms with E-state index < -0.39 is 0 Å².